The molecule has 0 saturated carbocycles. The van der Waals surface area contributed by atoms with E-state index >= 15 is 0 Å². The fourth-order valence-electron chi connectivity index (χ4n) is 3.52. The van der Waals surface area contributed by atoms with Crippen LogP contribution in [0.1, 0.15) is 20.3 Å². The van der Waals surface area contributed by atoms with E-state index < -0.39 is 6.04 Å². The topological polar surface area (TPSA) is 85.3 Å². The molecule has 2 aliphatic rings. The van der Waals surface area contributed by atoms with E-state index in [4.69, 9.17) is 0 Å². The minimum absolute atomic E-state index is 0.00486. The van der Waals surface area contributed by atoms with Crippen LogP contribution < -0.4 is 10.3 Å². The van der Waals surface area contributed by atoms with Gasteiger partial charge in [-0.25, -0.2) is 0 Å². The summed E-state index contributed by atoms with van der Waals surface area (Å²) in [4.78, 5) is 40.5. The van der Waals surface area contributed by atoms with Crippen LogP contribution in [-0.2, 0) is 14.4 Å². The van der Waals surface area contributed by atoms with Gasteiger partial charge in [-0.15, -0.1) is 0 Å². The van der Waals surface area contributed by atoms with Crippen LogP contribution in [-0.4, -0.2) is 78.4 Å². The summed E-state index contributed by atoms with van der Waals surface area (Å²) in [6.07, 6.45) is 0.322. The van der Waals surface area contributed by atoms with Crippen LogP contribution in [0.25, 0.3) is 0 Å². The van der Waals surface area contributed by atoms with Crippen molar-refractivity contribution in [1.82, 2.24) is 15.1 Å². The van der Waals surface area contributed by atoms with E-state index in [0.29, 0.717) is 51.4 Å². The van der Waals surface area contributed by atoms with Crippen molar-refractivity contribution in [1.29, 1.82) is 0 Å². The summed E-state index contributed by atoms with van der Waals surface area (Å²) < 4.78 is 0. The van der Waals surface area contributed by atoms with E-state index in [1.165, 1.54) is 6.92 Å². The SMILES string of the molecule is CCNC(=O)CN1CCN(C(=O)C2=NN(c3ccccc3)C(C(C)=O)C2)CC1. The van der Waals surface area contributed by atoms with E-state index in [0.717, 1.165) is 5.69 Å². The molecule has 1 aromatic rings. The molecule has 0 aromatic heterocycles. The van der Waals surface area contributed by atoms with Crippen molar-refractivity contribution < 1.29 is 14.4 Å². The zero-order valence-corrected chi connectivity index (χ0v) is 16.4. The van der Waals surface area contributed by atoms with E-state index in [9.17, 15) is 14.4 Å². The Balaban J connectivity index is 1.63. The highest BCUT2D eigenvalue weighted by Crippen LogP contribution is 2.25. The van der Waals surface area contributed by atoms with E-state index in [2.05, 4.69) is 10.4 Å². The predicted octanol–water partition coefficient (Wildman–Crippen LogP) is 0.491. The molecule has 2 aliphatic heterocycles. The van der Waals surface area contributed by atoms with E-state index in [-0.39, 0.29) is 17.6 Å². The second-order valence-corrected chi connectivity index (χ2v) is 7.08. The van der Waals surface area contributed by atoms with Gasteiger partial charge in [0.1, 0.15) is 11.8 Å². The van der Waals surface area contributed by atoms with Crippen LogP contribution in [0.4, 0.5) is 5.69 Å². The van der Waals surface area contributed by atoms with Gasteiger partial charge in [0.25, 0.3) is 5.91 Å². The molecule has 1 aromatic carbocycles. The first kappa shape index (κ1) is 20.0. The number of benzene rings is 1. The predicted molar refractivity (Wildman–Crippen MR) is 107 cm³/mol. The molecule has 1 saturated heterocycles. The van der Waals surface area contributed by atoms with Gasteiger partial charge in [0.15, 0.2) is 5.78 Å². The van der Waals surface area contributed by atoms with Crippen LogP contribution in [0, 0.1) is 0 Å². The Labute approximate surface area is 165 Å². The maximum Gasteiger partial charge on any atom is 0.270 e. The fourth-order valence-corrected chi connectivity index (χ4v) is 3.52. The van der Waals surface area contributed by atoms with Crippen molar-refractivity contribution in [3.63, 3.8) is 0 Å². The standard InChI is InChI=1S/C20H27N5O3/c1-3-21-19(27)14-23-9-11-24(12-10-23)20(28)17-13-18(15(2)26)25(22-17)16-7-5-4-6-8-16/h4-8,18H,3,9-14H2,1-2H3,(H,21,27). The second-order valence-electron chi connectivity index (χ2n) is 7.08. The number of hydrazone groups is 1. The highest BCUT2D eigenvalue weighted by molar-refractivity contribution is 6.40. The molecule has 1 atom stereocenters. The molecule has 150 valence electrons. The number of ketones is 1. The lowest BCUT2D eigenvalue weighted by molar-refractivity contribution is -0.126. The number of piperazine rings is 1. The number of likely N-dealkylation sites (N-methyl/N-ethyl adjacent to an activating group) is 1. The maximum atomic E-state index is 12.9. The largest absolute Gasteiger partial charge is 0.355 e. The normalized spacial score (nSPS) is 20.1. The van der Waals surface area contributed by atoms with Gasteiger partial charge < -0.3 is 10.2 Å². The lowest BCUT2D eigenvalue weighted by atomic mass is 10.1. The molecule has 0 bridgehead atoms. The first-order valence-corrected chi connectivity index (χ1v) is 9.70. The van der Waals surface area contributed by atoms with E-state index in [1.807, 2.05) is 42.2 Å². The third-order valence-electron chi connectivity index (χ3n) is 5.05. The lowest BCUT2D eigenvalue weighted by Crippen LogP contribution is -2.52. The smallest absolute Gasteiger partial charge is 0.270 e. The van der Waals surface area contributed by atoms with Gasteiger partial charge in [0, 0.05) is 39.1 Å². The molecule has 8 nitrogen and oxygen atoms in total. The number of para-hydroxylation sites is 1. The van der Waals surface area contributed by atoms with Crippen LogP contribution in [0.15, 0.2) is 35.4 Å². The number of rotatable bonds is 6. The molecule has 0 spiro atoms. The number of nitrogens with one attached hydrogen (secondary N) is 1. The molecule has 28 heavy (non-hydrogen) atoms. The highest BCUT2D eigenvalue weighted by Gasteiger charge is 2.36. The van der Waals surface area contributed by atoms with E-state index in [1.54, 1.807) is 9.91 Å². The van der Waals surface area contributed by atoms with Gasteiger partial charge in [-0.3, -0.25) is 24.3 Å². The summed E-state index contributed by atoms with van der Waals surface area (Å²) in [6.45, 7) is 6.79. The van der Waals surface area contributed by atoms with Crippen molar-refractivity contribution in [2.75, 3.05) is 44.3 Å². The molecule has 2 amide bonds. The van der Waals surface area contributed by atoms with Crippen molar-refractivity contribution in [3.05, 3.63) is 30.3 Å². The van der Waals surface area contributed by atoms with Crippen LogP contribution in [0.5, 0.6) is 0 Å². The van der Waals surface area contributed by atoms with Gasteiger partial charge in [0.05, 0.1) is 12.2 Å². The molecule has 1 N–H and O–H groups in total. The summed E-state index contributed by atoms with van der Waals surface area (Å²) in [5, 5.41) is 8.93. The number of hydrogen-bond donors (Lipinski definition) is 1. The number of hydrogen-bond acceptors (Lipinski definition) is 6. The van der Waals surface area contributed by atoms with Crippen LogP contribution >= 0.6 is 0 Å². The molecule has 0 aliphatic carbocycles. The zero-order valence-electron chi connectivity index (χ0n) is 16.4. The van der Waals surface area contributed by atoms with Gasteiger partial charge in [-0.05, 0) is 26.0 Å². The van der Waals surface area contributed by atoms with Gasteiger partial charge in [0.2, 0.25) is 5.91 Å². The summed E-state index contributed by atoms with van der Waals surface area (Å²) in [6, 6.07) is 8.99. The van der Waals surface area contributed by atoms with Crippen LogP contribution in [0.3, 0.4) is 0 Å². The van der Waals surface area contributed by atoms with Crippen molar-refractivity contribution >= 4 is 29.0 Å². The molecule has 8 heteroatoms. The molecule has 0 radical (unpaired) electrons. The quantitative estimate of drug-likeness (QED) is 0.770. The maximum absolute atomic E-state index is 12.9. The number of nitrogens with zero attached hydrogens (tertiary/aromatic N) is 4. The zero-order chi connectivity index (χ0) is 20.1. The van der Waals surface area contributed by atoms with Crippen molar-refractivity contribution in [2.24, 2.45) is 5.10 Å². The van der Waals surface area contributed by atoms with Crippen LogP contribution in [0.2, 0.25) is 0 Å². The monoisotopic (exact) mass is 385 g/mol. The Morgan fingerprint density at radius 3 is 2.39 bits per heavy atom. The van der Waals surface area contributed by atoms with Crippen molar-refractivity contribution in [3.8, 4) is 0 Å². The number of carbonyl (C=O) groups is 3. The third kappa shape index (κ3) is 4.56. The minimum Gasteiger partial charge on any atom is -0.355 e. The lowest BCUT2D eigenvalue weighted by Gasteiger charge is -2.34. The minimum atomic E-state index is -0.444. The van der Waals surface area contributed by atoms with Gasteiger partial charge in [-0.1, -0.05) is 18.2 Å². The van der Waals surface area contributed by atoms with Crippen molar-refractivity contribution in [2.45, 2.75) is 26.3 Å². The summed E-state index contributed by atoms with van der Waals surface area (Å²) in [7, 11) is 0. The highest BCUT2D eigenvalue weighted by atomic mass is 16.2. The van der Waals surface area contributed by atoms with Gasteiger partial charge in [-0.2, -0.15) is 5.10 Å². The Morgan fingerprint density at radius 2 is 1.79 bits per heavy atom. The number of Topliss-reactive ketones (excluding diaryl/α,β-unsaturated/α-hetero) is 1. The summed E-state index contributed by atoms with van der Waals surface area (Å²) in [5.74, 6) is -0.130. The Morgan fingerprint density at radius 1 is 1.11 bits per heavy atom. The number of anilines is 1. The van der Waals surface area contributed by atoms with Gasteiger partial charge >= 0.3 is 0 Å². The first-order chi connectivity index (χ1) is 13.5. The Bertz CT molecular complexity index is 756. The average Bonchev–Trinajstić information content (AvgIpc) is 3.15. The third-order valence-corrected chi connectivity index (χ3v) is 5.05. The Kier molecular flexibility index (Phi) is 6.41. The fraction of sp³-hybridized carbons (Fsp3) is 0.500. The molecule has 3 rings (SSSR count). The molecular weight excluding hydrogens is 358 g/mol. The second kappa shape index (κ2) is 8.97. The molecule has 2 heterocycles. The summed E-state index contributed by atoms with van der Waals surface area (Å²) >= 11 is 0. The number of amides is 2. The number of carbonyl (C=O) groups excluding carboxylic acids is 3. The molecule has 1 unspecified atom stereocenters. The molecular formula is C20H27N5O3. The summed E-state index contributed by atoms with van der Waals surface area (Å²) in [5.41, 5.74) is 1.22. The Hall–Kier alpha value is -2.74. The first-order valence-electron chi connectivity index (χ1n) is 9.70. The average molecular weight is 385 g/mol. The molecule has 1 fully saturated rings.